The van der Waals surface area contributed by atoms with Gasteiger partial charge in [0.25, 0.3) is 0 Å². The van der Waals surface area contributed by atoms with E-state index in [2.05, 4.69) is 0 Å². The molecule has 1 unspecified atom stereocenters. The molecule has 34 heavy (non-hydrogen) atoms. The lowest BCUT2D eigenvalue weighted by molar-refractivity contribution is 0.0601. The molecule has 1 aliphatic heterocycles. The van der Waals surface area contributed by atoms with Crippen molar-refractivity contribution >= 4 is 39.6 Å². The van der Waals surface area contributed by atoms with Crippen LogP contribution in [0, 0.1) is 5.82 Å². The highest BCUT2D eigenvalue weighted by Gasteiger charge is 2.24. The zero-order valence-electron chi connectivity index (χ0n) is 18.2. The van der Waals surface area contributed by atoms with E-state index in [9.17, 15) is 17.9 Å². The van der Waals surface area contributed by atoms with E-state index >= 15 is 0 Å². The lowest BCUT2D eigenvalue weighted by atomic mass is 10.0. The number of aryl methyl sites for hydroxylation is 1. The highest BCUT2D eigenvalue weighted by Crippen LogP contribution is 2.39. The van der Waals surface area contributed by atoms with Crippen molar-refractivity contribution in [3.63, 3.8) is 0 Å². The van der Waals surface area contributed by atoms with Gasteiger partial charge in [-0.15, -0.1) is 0 Å². The molecule has 0 N–H and O–H groups in total. The van der Waals surface area contributed by atoms with Gasteiger partial charge in [0, 0.05) is 22.7 Å². The molecular weight excluding hydrogens is 457 g/mol. The van der Waals surface area contributed by atoms with Crippen LogP contribution in [0.1, 0.15) is 22.3 Å². The van der Waals surface area contributed by atoms with Crippen LogP contribution in [0.2, 0.25) is 0 Å². The maximum absolute atomic E-state index is 13.6. The molecular formula is C25H19FN3O4S-. The number of ether oxygens (including phenoxy) is 1. The quantitative estimate of drug-likeness (QED) is 0.315. The predicted molar refractivity (Wildman–Crippen MR) is 125 cm³/mol. The van der Waals surface area contributed by atoms with Crippen molar-refractivity contribution in [3.05, 3.63) is 77.6 Å². The van der Waals surface area contributed by atoms with Crippen LogP contribution in [0.15, 0.2) is 65.6 Å². The number of methoxy groups -OCH3 is 1. The first-order valence-electron chi connectivity index (χ1n) is 10.6. The largest absolute Gasteiger partial charge is 0.768 e. The third-order valence-corrected chi connectivity index (χ3v) is 6.44. The molecule has 1 atom stereocenters. The molecule has 5 rings (SSSR count). The predicted octanol–water partition coefficient (Wildman–Crippen LogP) is 4.54. The first kappa shape index (κ1) is 22.1. The standard InChI is InChI=1S/C25H20FN3O4S/c1-33-25(30)17-6-10-20-21(14-17)28-24(23(27-20)15-4-7-18(26)8-5-15)29-12-2-3-16-13-19(34(31)32)9-11-22(16)29/h4-11,13-14H,2-3,12H2,1H3,(H,31,32)/p-1. The fourth-order valence-corrected chi connectivity index (χ4v) is 4.59. The van der Waals surface area contributed by atoms with Crippen molar-refractivity contribution in [2.24, 2.45) is 0 Å². The van der Waals surface area contributed by atoms with Gasteiger partial charge < -0.3 is 14.2 Å². The Morgan fingerprint density at radius 2 is 1.85 bits per heavy atom. The molecule has 0 saturated heterocycles. The zero-order valence-corrected chi connectivity index (χ0v) is 19.0. The Morgan fingerprint density at radius 3 is 2.59 bits per heavy atom. The summed E-state index contributed by atoms with van der Waals surface area (Å²) in [5.74, 6) is -0.296. The Hall–Kier alpha value is -3.69. The maximum atomic E-state index is 13.6. The second-order valence-corrected chi connectivity index (χ2v) is 8.82. The average molecular weight is 477 g/mol. The van der Waals surface area contributed by atoms with Crippen LogP contribution in [0.4, 0.5) is 15.9 Å². The van der Waals surface area contributed by atoms with Gasteiger partial charge in [-0.25, -0.2) is 19.2 Å². The van der Waals surface area contributed by atoms with E-state index in [4.69, 9.17) is 14.7 Å². The second kappa shape index (κ2) is 8.92. The first-order chi connectivity index (χ1) is 16.4. The average Bonchev–Trinajstić information content (AvgIpc) is 2.86. The summed E-state index contributed by atoms with van der Waals surface area (Å²) in [6.45, 7) is 0.637. The van der Waals surface area contributed by atoms with Gasteiger partial charge in [-0.05, 0) is 90.1 Å². The summed E-state index contributed by atoms with van der Waals surface area (Å²) >= 11 is -2.32. The van der Waals surface area contributed by atoms with Crippen LogP contribution in [0.5, 0.6) is 0 Å². The van der Waals surface area contributed by atoms with Crippen LogP contribution >= 0.6 is 0 Å². The van der Waals surface area contributed by atoms with Crippen LogP contribution in [-0.4, -0.2) is 38.4 Å². The van der Waals surface area contributed by atoms with Crippen molar-refractivity contribution in [2.75, 3.05) is 18.6 Å². The number of aromatic nitrogens is 2. The molecule has 0 bridgehead atoms. The van der Waals surface area contributed by atoms with Crippen LogP contribution < -0.4 is 4.90 Å². The molecule has 4 aromatic rings. The monoisotopic (exact) mass is 476 g/mol. The van der Waals surface area contributed by atoms with Gasteiger partial charge in [0.05, 0.1) is 23.7 Å². The summed E-state index contributed by atoms with van der Waals surface area (Å²) in [6, 6.07) is 16.0. The molecule has 0 saturated carbocycles. The topological polar surface area (TPSA) is 95.5 Å². The van der Waals surface area contributed by atoms with Gasteiger partial charge in [-0.1, -0.05) is 0 Å². The van der Waals surface area contributed by atoms with Gasteiger partial charge >= 0.3 is 5.97 Å². The minimum absolute atomic E-state index is 0.228. The molecule has 0 amide bonds. The minimum Gasteiger partial charge on any atom is -0.768 e. The summed E-state index contributed by atoms with van der Waals surface area (Å²) < 4.78 is 41.4. The molecule has 1 aliphatic rings. The van der Waals surface area contributed by atoms with Crippen LogP contribution in [0.25, 0.3) is 22.3 Å². The van der Waals surface area contributed by atoms with Gasteiger partial charge in [0.15, 0.2) is 5.82 Å². The summed E-state index contributed by atoms with van der Waals surface area (Å²) in [5, 5.41) is 0. The van der Waals surface area contributed by atoms with Crippen molar-refractivity contribution in [1.29, 1.82) is 0 Å². The van der Waals surface area contributed by atoms with Crippen LogP contribution in [-0.2, 0) is 22.2 Å². The van der Waals surface area contributed by atoms with Crippen LogP contribution in [0.3, 0.4) is 0 Å². The number of rotatable bonds is 4. The van der Waals surface area contributed by atoms with E-state index in [0.717, 1.165) is 24.1 Å². The minimum atomic E-state index is -2.32. The summed E-state index contributed by atoms with van der Waals surface area (Å²) in [4.78, 5) is 24.0. The Kier molecular flexibility index (Phi) is 5.80. The molecule has 0 fully saturated rings. The third kappa shape index (κ3) is 4.04. The third-order valence-electron chi connectivity index (χ3n) is 5.80. The lowest BCUT2D eigenvalue weighted by Crippen LogP contribution is -2.26. The van der Waals surface area contributed by atoms with Gasteiger partial charge in [0.2, 0.25) is 0 Å². The van der Waals surface area contributed by atoms with E-state index in [1.54, 1.807) is 48.5 Å². The molecule has 172 valence electrons. The van der Waals surface area contributed by atoms with Gasteiger partial charge in [-0.3, -0.25) is 4.21 Å². The SMILES string of the molecule is COC(=O)c1ccc2nc(-c3ccc(F)cc3)c(N3CCCc4cc(S(=O)[O-])ccc43)nc2c1. The fourth-order valence-electron chi connectivity index (χ4n) is 4.18. The molecule has 1 aromatic heterocycles. The van der Waals surface area contributed by atoms with Crippen molar-refractivity contribution in [3.8, 4) is 11.3 Å². The van der Waals surface area contributed by atoms with Crippen molar-refractivity contribution < 1.29 is 22.7 Å². The first-order valence-corrected chi connectivity index (χ1v) is 11.7. The molecule has 0 radical (unpaired) electrons. The number of nitrogens with zero attached hydrogens (tertiary/aromatic N) is 3. The highest BCUT2D eigenvalue weighted by atomic mass is 32.2. The number of anilines is 2. The smallest absolute Gasteiger partial charge is 0.337 e. The molecule has 0 spiro atoms. The molecule has 3 aromatic carbocycles. The number of fused-ring (bicyclic) bond motifs is 2. The Morgan fingerprint density at radius 1 is 1.06 bits per heavy atom. The van der Waals surface area contributed by atoms with Gasteiger partial charge in [-0.2, -0.15) is 0 Å². The van der Waals surface area contributed by atoms with E-state index in [-0.39, 0.29) is 10.7 Å². The number of hydrogen-bond acceptors (Lipinski definition) is 7. The summed E-state index contributed by atoms with van der Waals surface area (Å²) in [6.07, 6.45) is 1.52. The molecule has 9 heteroatoms. The number of benzene rings is 3. The Bertz CT molecular complexity index is 1440. The molecule has 7 nitrogen and oxygen atoms in total. The number of hydrogen-bond donors (Lipinski definition) is 0. The number of carbonyl (C=O) groups is 1. The molecule has 0 aliphatic carbocycles. The van der Waals surface area contributed by atoms with E-state index in [1.165, 1.54) is 19.2 Å². The maximum Gasteiger partial charge on any atom is 0.337 e. The van der Waals surface area contributed by atoms with Gasteiger partial charge in [0.1, 0.15) is 11.5 Å². The van der Waals surface area contributed by atoms with E-state index < -0.39 is 17.0 Å². The molecule has 2 heterocycles. The summed E-state index contributed by atoms with van der Waals surface area (Å²) in [7, 11) is 1.31. The fraction of sp³-hybridized carbons (Fsp3) is 0.160. The Balaban J connectivity index is 1.72. The highest BCUT2D eigenvalue weighted by molar-refractivity contribution is 7.79. The zero-order chi connectivity index (χ0) is 23.8. The second-order valence-electron chi connectivity index (χ2n) is 7.88. The van der Waals surface area contributed by atoms with E-state index in [0.29, 0.717) is 40.2 Å². The number of halogens is 1. The van der Waals surface area contributed by atoms with E-state index in [1.807, 2.05) is 4.90 Å². The van der Waals surface area contributed by atoms with Crippen molar-refractivity contribution in [1.82, 2.24) is 9.97 Å². The van der Waals surface area contributed by atoms with Crippen molar-refractivity contribution in [2.45, 2.75) is 17.7 Å². The summed E-state index contributed by atoms with van der Waals surface area (Å²) in [5.41, 5.74) is 4.41. The lowest BCUT2D eigenvalue weighted by Gasteiger charge is -2.32. The number of carbonyl (C=O) groups excluding carboxylic acids is 1. The Labute approximate surface area is 197 Å². The normalized spacial score (nSPS) is 14.0. The number of esters is 1.